The first-order chi connectivity index (χ1) is 12.9. The zero-order valence-electron chi connectivity index (χ0n) is 15.7. The van der Waals surface area contributed by atoms with Crippen LogP contribution in [0.4, 0.5) is 10.1 Å². The number of aryl methyl sites for hydroxylation is 1. The summed E-state index contributed by atoms with van der Waals surface area (Å²) < 4.78 is 17.1. The Labute approximate surface area is 156 Å². The van der Waals surface area contributed by atoms with E-state index in [2.05, 4.69) is 9.80 Å². The van der Waals surface area contributed by atoms with Crippen molar-refractivity contribution in [2.45, 2.75) is 32.2 Å². The standard InChI is InChI=1S/C20H24FN3O3/c1-3-13-17-14(10-16(21)18(13)23-8-6-22(2)7-9-23)19(25)15(20(26)27)11-24(17)12-4-5-12/h10-12H,3-9H2,1-2H3,(H,26,27). The molecule has 1 aromatic carbocycles. The first-order valence-electron chi connectivity index (χ1n) is 9.49. The Morgan fingerprint density at radius 3 is 2.48 bits per heavy atom. The molecule has 0 bridgehead atoms. The molecule has 4 rings (SSSR count). The molecule has 0 amide bonds. The summed E-state index contributed by atoms with van der Waals surface area (Å²) in [6.07, 6.45) is 3.92. The van der Waals surface area contributed by atoms with Gasteiger partial charge >= 0.3 is 5.97 Å². The molecule has 0 radical (unpaired) electrons. The zero-order valence-corrected chi connectivity index (χ0v) is 15.7. The number of carbonyl (C=O) groups is 1. The number of rotatable bonds is 4. The third-order valence-electron chi connectivity index (χ3n) is 5.68. The van der Waals surface area contributed by atoms with E-state index >= 15 is 4.39 Å². The molecule has 0 atom stereocenters. The molecule has 1 aliphatic carbocycles. The highest BCUT2D eigenvalue weighted by Gasteiger charge is 2.30. The van der Waals surface area contributed by atoms with Crippen molar-refractivity contribution in [2.75, 3.05) is 38.1 Å². The summed E-state index contributed by atoms with van der Waals surface area (Å²) >= 11 is 0. The van der Waals surface area contributed by atoms with Crippen LogP contribution in [0.2, 0.25) is 0 Å². The van der Waals surface area contributed by atoms with Crippen LogP contribution in [-0.2, 0) is 6.42 Å². The quantitative estimate of drug-likeness (QED) is 0.892. The van der Waals surface area contributed by atoms with Crippen LogP contribution in [-0.4, -0.2) is 53.8 Å². The summed E-state index contributed by atoms with van der Waals surface area (Å²) in [6, 6.07) is 1.43. The summed E-state index contributed by atoms with van der Waals surface area (Å²) in [5.41, 5.74) is 1.17. The average molecular weight is 373 g/mol. The van der Waals surface area contributed by atoms with Crippen molar-refractivity contribution in [3.05, 3.63) is 39.4 Å². The lowest BCUT2D eigenvalue weighted by atomic mass is 10.0. The second-order valence-corrected chi connectivity index (χ2v) is 7.54. The summed E-state index contributed by atoms with van der Waals surface area (Å²) in [5, 5.41) is 9.59. The summed E-state index contributed by atoms with van der Waals surface area (Å²) in [5.74, 6) is -1.70. The molecule has 1 saturated carbocycles. The Hall–Kier alpha value is -2.41. The van der Waals surface area contributed by atoms with Gasteiger partial charge in [0.15, 0.2) is 0 Å². The predicted molar refractivity (Wildman–Crippen MR) is 102 cm³/mol. The van der Waals surface area contributed by atoms with E-state index in [0.717, 1.165) is 44.6 Å². The van der Waals surface area contributed by atoms with Crippen LogP contribution in [0.15, 0.2) is 17.1 Å². The van der Waals surface area contributed by atoms with Crippen molar-refractivity contribution in [3.8, 4) is 0 Å². The maximum absolute atomic E-state index is 15.2. The Kier molecular flexibility index (Phi) is 4.42. The molecular weight excluding hydrogens is 349 g/mol. The average Bonchev–Trinajstić information content (AvgIpc) is 3.47. The molecule has 7 heteroatoms. The van der Waals surface area contributed by atoms with E-state index in [0.29, 0.717) is 17.6 Å². The van der Waals surface area contributed by atoms with Gasteiger partial charge in [0, 0.05) is 49.4 Å². The molecule has 2 aromatic rings. The normalized spacial score (nSPS) is 18.3. The van der Waals surface area contributed by atoms with Crippen molar-refractivity contribution in [2.24, 2.45) is 0 Å². The molecule has 0 unspecified atom stereocenters. The van der Waals surface area contributed by atoms with Crippen LogP contribution in [0.1, 0.15) is 41.7 Å². The van der Waals surface area contributed by atoms with Crippen molar-refractivity contribution in [3.63, 3.8) is 0 Å². The largest absolute Gasteiger partial charge is 0.477 e. The summed E-state index contributed by atoms with van der Waals surface area (Å²) in [4.78, 5) is 28.5. The van der Waals surface area contributed by atoms with Gasteiger partial charge in [-0.2, -0.15) is 0 Å². The second kappa shape index (κ2) is 6.64. The molecule has 1 N–H and O–H groups in total. The lowest BCUT2D eigenvalue weighted by Crippen LogP contribution is -2.45. The lowest BCUT2D eigenvalue weighted by Gasteiger charge is -2.35. The minimum absolute atomic E-state index is 0.175. The third kappa shape index (κ3) is 3.00. The number of aromatic carboxylic acids is 1. The fourth-order valence-electron chi connectivity index (χ4n) is 4.06. The van der Waals surface area contributed by atoms with Crippen LogP contribution in [0.25, 0.3) is 10.9 Å². The molecule has 6 nitrogen and oxygen atoms in total. The van der Waals surface area contributed by atoms with Crippen molar-refractivity contribution in [1.82, 2.24) is 9.47 Å². The van der Waals surface area contributed by atoms with Gasteiger partial charge in [-0.25, -0.2) is 9.18 Å². The van der Waals surface area contributed by atoms with E-state index in [4.69, 9.17) is 0 Å². The molecule has 1 saturated heterocycles. The highest BCUT2D eigenvalue weighted by molar-refractivity contribution is 5.95. The number of likely N-dealkylation sites (N-methyl/N-ethyl adjacent to an activating group) is 1. The van der Waals surface area contributed by atoms with E-state index in [-0.39, 0.29) is 17.0 Å². The topological polar surface area (TPSA) is 65.8 Å². The van der Waals surface area contributed by atoms with Gasteiger partial charge in [0.2, 0.25) is 5.43 Å². The molecule has 0 spiro atoms. The monoisotopic (exact) mass is 373 g/mol. The Bertz CT molecular complexity index is 973. The lowest BCUT2D eigenvalue weighted by molar-refractivity contribution is 0.0695. The van der Waals surface area contributed by atoms with Crippen LogP contribution in [0.5, 0.6) is 0 Å². The smallest absolute Gasteiger partial charge is 0.341 e. The first-order valence-corrected chi connectivity index (χ1v) is 9.49. The minimum Gasteiger partial charge on any atom is -0.477 e. The zero-order chi connectivity index (χ0) is 19.3. The number of aromatic nitrogens is 1. The minimum atomic E-state index is -1.27. The maximum atomic E-state index is 15.2. The van der Waals surface area contributed by atoms with Gasteiger partial charge in [0.05, 0.1) is 11.2 Å². The number of carboxylic acid groups (broad SMARTS) is 1. The molecule has 1 aromatic heterocycles. The Balaban J connectivity index is 2.00. The second-order valence-electron chi connectivity index (χ2n) is 7.54. The molecule has 2 heterocycles. The van der Waals surface area contributed by atoms with Gasteiger partial charge in [0.25, 0.3) is 0 Å². The van der Waals surface area contributed by atoms with Crippen LogP contribution < -0.4 is 10.3 Å². The first kappa shape index (κ1) is 18.0. The SMILES string of the molecule is CCc1c(N2CCN(C)CC2)c(F)cc2c(=O)c(C(=O)O)cn(C3CC3)c12. The number of nitrogens with zero attached hydrogens (tertiary/aromatic N) is 3. The van der Waals surface area contributed by atoms with Crippen molar-refractivity contribution in [1.29, 1.82) is 0 Å². The third-order valence-corrected chi connectivity index (χ3v) is 5.68. The number of piperazine rings is 1. The highest BCUT2D eigenvalue weighted by Crippen LogP contribution is 2.40. The number of fused-ring (bicyclic) bond motifs is 1. The van der Waals surface area contributed by atoms with E-state index in [9.17, 15) is 14.7 Å². The van der Waals surface area contributed by atoms with E-state index < -0.39 is 17.2 Å². The van der Waals surface area contributed by atoms with E-state index in [1.54, 1.807) is 0 Å². The number of pyridine rings is 1. The maximum Gasteiger partial charge on any atom is 0.341 e. The molecule has 27 heavy (non-hydrogen) atoms. The van der Waals surface area contributed by atoms with Gasteiger partial charge in [0.1, 0.15) is 11.4 Å². The van der Waals surface area contributed by atoms with Crippen LogP contribution in [0, 0.1) is 5.82 Å². The van der Waals surface area contributed by atoms with Gasteiger partial charge in [-0.3, -0.25) is 4.79 Å². The van der Waals surface area contributed by atoms with Crippen LogP contribution in [0.3, 0.4) is 0 Å². The molecule has 2 aliphatic rings. The number of benzene rings is 1. The highest BCUT2D eigenvalue weighted by atomic mass is 19.1. The van der Waals surface area contributed by atoms with Crippen molar-refractivity contribution < 1.29 is 14.3 Å². The molecule has 1 aliphatic heterocycles. The molecule has 2 fully saturated rings. The Morgan fingerprint density at radius 1 is 1.26 bits per heavy atom. The number of anilines is 1. The number of halogens is 1. The predicted octanol–water partition coefficient (Wildman–Crippen LogP) is 2.49. The van der Waals surface area contributed by atoms with Crippen molar-refractivity contribution >= 4 is 22.6 Å². The van der Waals surface area contributed by atoms with E-state index in [1.165, 1.54) is 12.3 Å². The molecular formula is C20H24FN3O3. The van der Waals surface area contributed by atoms with Gasteiger partial charge in [-0.15, -0.1) is 0 Å². The summed E-state index contributed by atoms with van der Waals surface area (Å²) in [7, 11) is 2.05. The van der Waals surface area contributed by atoms with Gasteiger partial charge in [-0.1, -0.05) is 6.92 Å². The van der Waals surface area contributed by atoms with Crippen LogP contribution >= 0.6 is 0 Å². The molecule has 144 valence electrons. The number of hydrogen-bond donors (Lipinski definition) is 1. The number of carboxylic acids is 1. The van der Waals surface area contributed by atoms with Gasteiger partial charge in [-0.05, 0) is 32.4 Å². The Morgan fingerprint density at radius 2 is 1.93 bits per heavy atom. The van der Waals surface area contributed by atoms with Gasteiger partial charge < -0.3 is 19.5 Å². The fraction of sp³-hybridized carbons (Fsp3) is 0.500. The summed E-state index contributed by atoms with van der Waals surface area (Å²) in [6.45, 7) is 5.13. The van der Waals surface area contributed by atoms with E-state index in [1.807, 2.05) is 18.5 Å². The number of hydrogen-bond acceptors (Lipinski definition) is 4. The fourth-order valence-corrected chi connectivity index (χ4v) is 4.06.